The highest BCUT2D eigenvalue weighted by atomic mass is 16.5. The number of rotatable bonds is 3. The molecule has 6 rings (SSSR count). The van der Waals surface area contributed by atoms with Gasteiger partial charge in [-0.2, -0.15) is 0 Å². The Balaban J connectivity index is 1.59. The number of aromatic nitrogens is 1. The molecule has 4 aliphatic rings. The maximum atomic E-state index is 9.91. The lowest BCUT2D eigenvalue weighted by atomic mass is 9.65. The standard InChI is InChI=1S/C20H26N2O2/c1-24-7-5-13-8-12-9-17-19-15(4-6-22(11-12)20(13)17)16-10-14(23)2-3-18(16)21-19/h2-3,10,12-13,17,20-21,23H,4-9,11H2,1H3. The number of hydrogen-bond donors (Lipinski definition) is 2. The Kier molecular flexibility index (Phi) is 3.39. The molecule has 128 valence electrons. The Morgan fingerprint density at radius 1 is 1.33 bits per heavy atom. The van der Waals surface area contributed by atoms with E-state index in [4.69, 9.17) is 4.74 Å². The number of phenols is 1. The number of aromatic hydroxyl groups is 1. The van der Waals surface area contributed by atoms with Gasteiger partial charge in [-0.15, -0.1) is 0 Å². The molecule has 1 aliphatic carbocycles. The van der Waals surface area contributed by atoms with Crippen LogP contribution in [0.15, 0.2) is 18.2 Å². The highest BCUT2D eigenvalue weighted by molar-refractivity contribution is 5.86. The third-order valence-corrected chi connectivity index (χ3v) is 6.67. The van der Waals surface area contributed by atoms with Crippen LogP contribution >= 0.6 is 0 Å². The van der Waals surface area contributed by atoms with Gasteiger partial charge in [0.15, 0.2) is 0 Å². The van der Waals surface area contributed by atoms with E-state index >= 15 is 0 Å². The van der Waals surface area contributed by atoms with Gasteiger partial charge in [0.1, 0.15) is 5.75 Å². The smallest absolute Gasteiger partial charge is 0.116 e. The van der Waals surface area contributed by atoms with E-state index < -0.39 is 0 Å². The second-order valence-corrected chi connectivity index (χ2v) is 7.97. The molecule has 0 radical (unpaired) electrons. The number of nitrogens with zero attached hydrogens (tertiary/aromatic N) is 1. The predicted octanol–water partition coefficient (Wildman–Crippen LogP) is 3.26. The van der Waals surface area contributed by atoms with E-state index in [1.165, 1.54) is 48.0 Å². The average Bonchev–Trinajstić information content (AvgIpc) is 2.90. The molecule has 1 aromatic carbocycles. The molecule has 4 bridgehead atoms. The summed E-state index contributed by atoms with van der Waals surface area (Å²) in [6.07, 6.45) is 4.96. The van der Waals surface area contributed by atoms with E-state index in [1.807, 2.05) is 19.2 Å². The molecule has 24 heavy (non-hydrogen) atoms. The Hall–Kier alpha value is -1.52. The van der Waals surface area contributed by atoms with E-state index in [2.05, 4.69) is 9.88 Å². The van der Waals surface area contributed by atoms with Gasteiger partial charge >= 0.3 is 0 Å². The maximum absolute atomic E-state index is 9.91. The van der Waals surface area contributed by atoms with E-state index in [0.29, 0.717) is 17.7 Å². The zero-order valence-corrected chi connectivity index (χ0v) is 14.3. The maximum Gasteiger partial charge on any atom is 0.116 e. The Morgan fingerprint density at radius 2 is 2.25 bits per heavy atom. The summed E-state index contributed by atoms with van der Waals surface area (Å²) in [5.41, 5.74) is 4.09. The summed E-state index contributed by atoms with van der Waals surface area (Å²) in [6, 6.07) is 6.42. The molecule has 1 saturated carbocycles. The molecular formula is C20H26N2O2. The van der Waals surface area contributed by atoms with Gasteiger partial charge in [-0.3, -0.25) is 4.90 Å². The molecule has 2 N–H and O–H groups in total. The quantitative estimate of drug-likeness (QED) is 0.910. The molecule has 0 amide bonds. The fourth-order valence-corrected chi connectivity index (χ4v) is 5.83. The Labute approximate surface area is 142 Å². The van der Waals surface area contributed by atoms with Crippen LogP contribution in [0, 0.1) is 11.8 Å². The average molecular weight is 326 g/mol. The topological polar surface area (TPSA) is 48.5 Å². The summed E-state index contributed by atoms with van der Waals surface area (Å²) in [7, 11) is 1.82. The lowest BCUT2D eigenvalue weighted by Gasteiger charge is -2.53. The lowest BCUT2D eigenvalue weighted by Crippen LogP contribution is -2.56. The van der Waals surface area contributed by atoms with Gasteiger partial charge in [-0.1, -0.05) is 0 Å². The molecule has 4 heterocycles. The molecule has 3 aliphatic heterocycles. The number of benzene rings is 1. The van der Waals surface area contributed by atoms with Gasteiger partial charge < -0.3 is 14.8 Å². The van der Waals surface area contributed by atoms with Crippen LogP contribution < -0.4 is 0 Å². The van der Waals surface area contributed by atoms with Crippen LogP contribution in [0.2, 0.25) is 0 Å². The summed E-state index contributed by atoms with van der Waals surface area (Å²) in [4.78, 5) is 6.49. The van der Waals surface area contributed by atoms with Gasteiger partial charge in [0.25, 0.3) is 0 Å². The van der Waals surface area contributed by atoms with Gasteiger partial charge in [0.05, 0.1) is 0 Å². The minimum absolute atomic E-state index is 0.372. The third-order valence-electron chi connectivity index (χ3n) is 6.67. The van der Waals surface area contributed by atoms with E-state index in [1.54, 1.807) is 6.07 Å². The van der Waals surface area contributed by atoms with Crippen molar-refractivity contribution in [2.24, 2.45) is 11.8 Å². The lowest BCUT2D eigenvalue weighted by molar-refractivity contribution is -0.0224. The molecule has 0 spiro atoms. The number of phenolic OH excluding ortho intramolecular Hbond substituents is 1. The number of nitrogens with one attached hydrogen (secondary N) is 1. The first kappa shape index (κ1) is 14.8. The summed E-state index contributed by atoms with van der Waals surface area (Å²) in [5, 5.41) is 11.1. The van der Waals surface area contributed by atoms with Crippen molar-refractivity contribution in [3.8, 4) is 5.75 Å². The molecule has 2 saturated heterocycles. The minimum Gasteiger partial charge on any atom is -0.508 e. The number of fused-ring (bicyclic) bond motifs is 4. The van der Waals surface area contributed by atoms with Crippen LogP contribution in [0.5, 0.6) is 5.75 Å². The largest absolute Gasteiger partial charge is 0.508 e. The number of aromatic amines is 1. The Bertz CT molecular complexity index is 768. The summed E-state index contributed by atoms with van der Waals surface area (Å²) >= 11 is 0. The first-order valence-electron chi connectivity index (χ1n) is 9.31. The highest BCUT2D eigenvalue weighted by Crippen LogP contribution is 2.51. The SMILES string of the molecule is COCCC1CC2CC3c4[nH]c5ccc(O)cc5c4CCN(C2)C13. The monoisotopic (exact) mass is 326 g/mol. The Morgan fingerprint density at radius 3 is 3.12 bits per heavy atom. The minimum atomic E-state index is 0.372. The zero-order chi connectivity index (χ0) is 16.3. The van der Waals surface area contributed by atoms with Gasteiger partial charge in [-0.25, -0.2) is 0 Å². The molecular weight excluding hydrogens is 300 g/mol. The second-order valence-electron chi connectivity index (χ2n) is 7.97. The number of methoxy groups -OCH3 is 1. The van der Waals surface area contributed by atoms with Crippen molar-refractivity contribution in [1.29, 1.82) is 0 Å². The van der Waals surface area contributed by atoms with Gasteiger partial charge in [0.2, 0.25) is 0 Å². The fraction of sp³-hybridized carbons (Fsp3) is 0.600. The van der Waals surface area contributed by atoms with Gasteiger partial charge in [0, 0.05) is 55.4 Å². The first-order chi connectivity index (χ1) is 11.7. The van der Waals surface area contributed by atoms with Crippen LogP contribution in [0.25, 0.3) is 10.9 Å². The molecule has 5 atom stereocenters. The number of piperidine rings is 2. The summed E-state index contributed by atoms with van der Waals surface area (Å²) in [5.74, 6) is 2.57. The van der Waals surface area contributed by atoms with Crippen molar-refractivity contribution in [2.45, 2.75) is 37.6 Å². The van der Waals surface area contributed by atoms with Crippen molar-refractivity contribution in [2.75, 3.05) is 26.8 Å². The first-order valence-corrected chi connectivity index (χ1v) is 9.31. The third kappa shape index (κ3) is 2.12. The van der Waals surface area contributed by atoms with Crippen molar-refractivity contribution in [1.82, 2.24) is 9.88 Å². The molecule has 4 nitrogen and oxygen atoms in total. The van der Waals surface area contributed by atoms with Crippen molar-refractivity contribution in [3.05, 3.63) is 29.5 Å². The summed E-state index contributed by atoms with van der Waals surface area (Å²) in [6.45, 7) is 3.30. The molecule has 3 fully saturated rings. The van der Waals surface area contributed by atoms with Crippen LogP contribution in [0.1, 0.15) is 36.4 Å². The normalized spacial score (nSPS) is 34.3. The van der Waals surface area contributed by atoms with Crippen molar-refractivity contribution in [3.63, 3.8) is 0 Å². The van der Waals surface area contributed by atoms with Crippen molar-refractivity contribution < 1.29 is 9.84 Å². The molecule has 4 heteroatoms. The zero-order valence-electron chi connectivity index (χ0n) is 14.3. The van der Waals surface area contributed by atoms with Crippen LogP contribution in [-0.2, 0) is 11.2 Å². The number of hydrogen-bond acceptors (Lipinski definition) is 3. The molecule has 2 aromatic rings. The second kappa shape index (κ2) is 5.50. The highest BCUT2D eigenvalue weighted by Gasteiger charge is 2.49. The van der Waals surface area contributed by atoms with E-state index in [-0.39, 0.29) is 0 Å². The number of H-pyrrole nitrogens is 1. The summed E-state index contributed by atoms with van der Waals surface area (Å²) < 4.78 is 5.38. The van der Waals surface area contributed by atoms with E-state index in [9.17, 15) is 5.11 Å². The van der Waals surface area contributed by atoms with Crippen molar-refractivity contribution >= 4 is 10.9 Å². The van der Waals surface area contributed by atoms with Crippen LogP contribution in [-0.4, -0.2) is 47.8 Å². The molecule has 1 aromatic heterocycles. The number of ether oxygens (including phenoxy) is 1. The fourth-order valence-electron chi connectivity index (χ4n) is 5.83. The van der Waals surface area contributed by atoms with Crippen LogP contribution in [0.4, 0.5) is 0 Å². The molecule has 5 unspecified atom stereocenters. The van der Waals surface area contributed by atoms with E-state index in [0.717, 1.165) is 31.4 Å². The van der Waals surface area contributed by atoms with Gasteiger partial charge in [-0.05, 0) is 61.3 Å². The predicted molar refractivity (Wildman–Crippen MR) is 94.5 cm³/mol. The van der Waals surface area contributed by atoms with Crippen LogP contribution in [0.3, 0.4) is 0 Å².